The number of carbonyl (C=O) groups excluding carboxylic acids is 2. The maximum Gasteiger partial charge on any atom is 0.305 e. The van der Waals surface area contributed by atoms with Crippen LogP contribution in [-0.4, -0.2) is 29.5 Å². The second-order valence-corrected chi connectivity index (χ2v) is 8.12. The first-order chi connectivity index (χ1) is 15.9. The Morgan fingerprint density at radius 2 is 1.74 bits per heavy atom. The maximum atomic E-state index is 12.4. The summed E-state index contributed by atoms with van der Waals surface area (Å²) in [5.74, 6) is -0.962. The van der Waals surface area contributed by atoms with E-state index in [0.717, 1.165) is 31.5 Å². The van der Waals surface area contributed by atoms with E-state index >= 15 is 0 Å². The molecule has 1 heterocycles. The van der Waals surface area contributed by atoms with Gasteiger partial charge in [-0.25, -0.2) is 0 Å². The highest BCUT2D eigenvalue weighted by Crippen LogP contribution is 2.22. The Hall–Kier alpha value is -3.10. The van der Waals surface area contributed by atoms with Gasteiger partial charge in [0.15, 0.2) is 0 Å². The summed E-state index contributed by atoms with van der Waals surface area (Å²) in [5, 5.41) is 18.1. The number of unbranched alkanes of at least 4 members (excludes halogenated alkanes) is 1. The Kier molecular flexibility index (Phi) is 10.8. The van der Waals surface area contributed by atoms with Gasteiger partial charge in [-0.15, -0.1) is 12.4 Å². The van der Waals surface area contributed by atoms with Gasteiger partial charge in [0.25, 0.3) is 0 Å². The standard InChI is InChI=1S/C25H31N3O5.ClH/c1-2-3-12-33-21-8-5-17(6-9-21)22(14-25(31)32)28-24(30)11-10-23(29)27-20-7-4-18-15-26-16-19(18)13-20;/h4-9,13,22,26H,2-3,10-12,14-16H2,1H3,(H,27,29)(H,28,30)(H,31,32);1H. The summed E-state index contributed by atoms with van der Waals surface area (Å²) in [5.41, 5.74) is 3.75. The Balaban J connectivity index is 0.00000408. The van der Waals surface area contributed by atoms with E-state index in [1.807, 2.05) is 18.2 Å². The molecule has 0 bridgehead atoms. The largest absolute Gasteiger partial charge is 0.494 e. The highest BCUT2D eigenvalue weighted by molar-refractivity contribution is 5.93. The van der Waals surface area contributed by atoms with Gasteiger partial charge in [0, 0.05) is 31.6 Å². The molecule has 0 radical (unpaired) electrons. The molecule has 34 heavy (non-hydrogen) atoms. The lowest BCUT2D eigenvalue weighted by molar-refractivity contribution is -0.138. The molecule has 1 atom stereocenters. The molecule has 0 spiro atoms. The summed E-state index contributed by atoms with van der Waals surface area (Å²) in [4.78, 5) is 36.0. The number of benzene rings is 2. The Morgan fingerprint density at radius 1 is 1.03 bits per heavy atom. The van der Waals surface area contributed by atoms with Crippen molar-refractivity contribution in [3.05, 3.63) is 59.2 Å². The first-order valence-corrected chi connectivity index (χ1v) is 11.3. The van der Waals surface area contributed by atoms with Crippen LogP contribution in [0.5, 0.6) is 5.75 Å². The van der Waals surface area contributed by atoms with Gasteiger partial charge in [-0.05, 0) is 47.4 Å². The fraction of sp³-hybridized carbons (Fsp3) is 0.400. The summed E-state index contributed by atoms with van der Waals surface area (Å²) >= 11 is 0. The smallest absolute Gasteiger partial charge is 0.305 e. The number of aliphatic carboxylic acids is 1. The number of amides is 2. The van der Waals surface area contributed by atoms with Crippen molar-refractivity contribution in [1.29, 1.82) is 0 Å². The van der Waals surface area contributed by atoms with Crippen molar-refractivity contribution in [2.45, 2.75) is 58.2 Å². The zero-order chi connectivity index (χ0) is 23.6. The summed E-state index contributed by atoms with van der Waals surface area (Å²) in [6.07, 6.45) is 1.71. The molecule has 0 saturated heterocycles. The molecular weight excluding hydrogens is 458 g/mol. The van der Waals surface area contributed by atoms with Crippen molar-refractivity contribution in [3.63, 3.8) is 0 Å². The van der Waals surface area contributed by atoms with E-state index in [4.69, 9.17) is 4.74 Å². The molecule has 2 amide bonds. The molecule has 1 aliphatic heterocycles. The zero-order valence-electron chi connectivity index (χ0n) is 19.3. The monoisotopic (exact) mass is 489 g/mol. The molecular formula is C25H32ClN3O5. The fourth-order valence-corrected chi connectivity index (χ4v) is 3.65. The molecule has 184 valence electrons. The number of carbonyl (C=O) groups is 3. The number of halogens is 1. The van der Waals surface area contributed by atoms with E-state index in [9.17, 15) is 19.5 Å². The first-order valence-electron chi connectivity index (χ1n) is 11.3. The first kappa shape index (κ1) is 27.1. The van der Waals surface area contributed by atoms with Crippen LogP contribution < -0.4 is 20.7 Å². The van der Waals surface area contributed by atoms with Crippen molar-refractivity contribution in [2.24, 2.45) is 0 Å². The van der Waals surface area contributed by atoms with E-state index in [0.29, 0.717) is 23.6 Å². The molecule has 3 rings (SSSR count). The van der Waals surface area contributed by atoms with Crippen LogP contribution in [0.1, 0.15) is 61.8 Å². The average molecular weight is 490 g/mol. The molecule has 9 heteroatoms. The van der Waals surface area contributed by atoms with Gasteiger partial charge >= 0.3 is 5.97 Å². The van der Waals surface area contributed by atoms with Crippen LogP contribution in [0.15, 0.2) is 42.5 Å². The number of rotatable bonds is 12. The van der Waals surface area contributed by atoms with E-state index in [-0.39, 0.29) is 43.5 Å². The van der Waals surface area contributed by atoms with Gasteiger partial charge < -0.3 is 25.8 Å². The third-order valence-electron chi connectivity index (χ3n) is 5.46. The van der Waals surface area contributed by atoms with Gasteiger partial charge in [-0.2, -0.15) is 0 Å². The molecule has 1 aliphatic rings. The van der Waals surface area contributed by atoms with Crippen molar-refractivity contribution in [3.8, 4) is 5.75 Å². The third kappa shape index (κ3) is 8.35. The van der Waals surface area contributed by atoms with Crippen molar-refractivity contribution in [1.82, 2.24) is 10.6 Å². The van der Waals surface area contributed by atoms with E-state index < -0.39 is 12.0 Å². The zero-order valence-corrected chi connectivity index (χ0v) is 20.1. The Labute approximate surface area is 205 Å². The summed E-state index contributed by atoms with van der Waals surface area (Å²) in [7, 11) is 0. The second-order valence-electron chi connectivity index (χ2n) is 8.12. The quantitative estimate of drug-likeness (QED) is 0.335. The van der Waals surface area contributed by atoms with Crippen LogP contribution in [-0.2, 0) is 27.5 Å². The fourth-order valence-electron chi connectivity index (χ4n) is 3.65. The normalized spacial score (nSPS) is 12.7. The molecule has 0 aliphatic carbocycles. The number of hydrogen-bond acceptors (Lipinski definition) is 5. The lowest BCUT2D eigenvalue weighted by Crippen LogP contribution is -2.30. The van der Waals surface area contributed by atoms with E-state index in [2.05, 4.69) is 22.9 Å². The molecule has 2 aromatic carbocycles. The number of hydrogen-bond donors (Lipinski definition) is 4. The van der Waals surface area contributed by atoms with Gasteiger partial charge in [0.05, 0.1) is 19.1 Å². The van der Waals surface area contributed by atoms with Gasteiger partial charge in [0.1, 0.15) is 5.75 Å². The van der Waals surface area contributed by atoms with Gasteiger partial charge in [-0.3, -0.25) is 14.4 Å². The molecule has 0 fully saturated rings. The van der Waals surface area contributed by atoms with Gasteiger partial charge in [0.2, 0.25) is 11.8 Å². The number of carboxylic acid groups (broad SMARTS) is 1. The average Bonchev–Trinajstić information content (AvgIpc) is 3.25. The van der Waals surface area contributed by atoms with Gasteiger partial charge in [-0.1, -0.05) is 31.5 Å². The minimum Gasteiger partial charge on any atom is -0.494 e. The summed E-state index contributed by atoms with van der Waals surface area (Å²) in [6.45, 7) is 4.31. The second kappa shape index (κ2) is 13.6. The Bertz CT molecular complexity index is 981. The molecule has 0 aromatic heterocycles. The number of fused-ring (bicyclic) bond motifs is 1. The highest BCUT2D eigenvalue weighted by Gasteiger charge is 2.19. The van der Waals surface area contributed by atoms with Crippen LogP contribution in [0.3, 0.4) is 0 Å². The van der Waals surface area contributed by atoms with E-state index in [1.165, 1.54) is 5.56 Å². The predicted octanol–water partition coefficient (Wildman–Crippen LogP) is 3.94. The van der Waals surface area contributed by atoms with Crippen LogP contribution in [0, 0.1) is 0 Å². The number of anilines is 1. The minimum atomic E-state index is -1.02. The van der Waals surface area contributed by atoms with Crippen molar-refractivity contribution >= 4 is 35.9 Å². The highest BCUT2D eigenvalue weighted by atomic mass is 35.5. The van der Waals surface area contributed by atoms with Crippen molar-refractivity contribution in [2.75, 3.05) is 11.9 Å². The van der Waals surface area contributed by atoms with Crippen LogP contribution >= 0.6 is 12.4 Å². The predicted molar refractivity (Wildman–Crippen MR) is 132 cm³/mol. The van der Waals surface area contributed by atoms with Crippen LogP contribution in [0.2, 0.25) is 0 Å². The molecule has 1 unspecified atom stereocenters. The molecule has 2 aromatic rings. The number of nitrogens with one attached hydrogen (secondary N) is 3. The third-order valence-corrected chi connectivity index (χ3v) is 5.46. The number of ether oxygens (including phenoxy) is 1. The van der Waals surface area contributed by atoms with Crippen LogP contribution in [0.25, 0.3) is 0 Å². The van der Waals surface area contributed by atoms with Crippen molar-refractivity contribution < 1.29 is 24.2 Å². The maximum absolute atomic E-state index is 12.4. The number of carboxylic acids is 1. The Morgan fingerprint density at radius 3 is 2.44 bits per heavy atom. The van der Waals surface area contributed by atoms with E-state index in [1.54, 1.807) is 24.3 Å². The molecule has 8 nitrogen and oxygen atoms in total. The SMILES string of the molecule is CCCCOc1ccc(C(CC(=O)O)NC(=O)CCC(=O)Nc2ccc3c(c2)CNC3)cc1.Cl. The summed E-state index contributed by atoms with van der Waals surface area (Å²) in [6, 6.07) is 12.1. The van der Waals surface area contributed by atoms with Crippen LogP contribution in [0.4, 0.5) is 5.69 Å². The molecule has 0 saturated carbocycles. The lowest BCUT2D eigenvalue weighted by Gasteiger charge is -2.18. The lowest BCUT2D eigenvalue weighted by atomic mass is 10.0. The molecule has 4 N–H and O–H groups in total. The minimum absolute atomic E-state index is 0. The topological polar surface area (TPSA) is 117 Å². The summed E-state index contributed by atoms with van der Waals surface area (Å²) < 4.78 is 5.63.